The fourth-order valence-electron chi connectivity index (χ4n) is 5.75. The van der Waals surface area contributed by atoms with E-state index in [1.54, 1.807) is 12.1 Å². The van der Waals surface area contributed by atoms with Crippen LogP contribution in [0.3, 0.4) is 0 Å². The SMILES string of the molecule is C=CCOc1c(F)c(F)c(N=Cc2cc(C(C)(C)C)cc(C(C)(C)C)c2O)c(F)c1F.C=CCOc1c(F)c(F)c(N=Cc2cc(C(C)(C)C)cc(C(C)(C)C)c2O)c(F)c1F.[Cl][Ti][Cl]. The molecule has 0 fully saturated rings. The van der Waals surface area contributed by atoms with Gasteiger partial charge in [0.2, 0.25) is 23.3 Å². The van der Waals surface area contributed by atoms with Crippen LogP contribution in [0.5, 0.6) is 23.0 Å². The van der Waals surface area contributed by atoms with Gasteiger partial charge in [-0.25, -0.2) is 27.5 Å². The number of benzene rings is 4. The normalized spacial score (nSPS) is 12.1. The van der Waals surface area contributed by atoms with Gasteiger partial charge in [-0.2, -0.15) is 17.6 Å². The minimum absolute atomic E-state index is 0.128. The third-order valence-corrected chi connectivity index (χ3v) is 9.38. The molecule has 354 valence electrons. The zero-order valence-electron chi connectivity index (χ0n) is 38.3. The molecular weight excluding hydrogens is 939 g/mol. The molecule has 0 spiro atoms. The number of phenols is 2. The molecule has 0 atom stereocenters. The Morgan fingerprint density at radius 3 is 0.985 bits per heavy atom. The van der Waals surface area contributed by atoms with E-state index in [9.17, 15) is 45.3 Å². The number of ether oxygens (including phenoxy) is 2. The zero-order valence-corrected chi connectivity index (χ0v) is 41.4. The molecule has 0 heterocycles. The first-order valence-electron chi connectivity index (χ1n) is 19.8. The van der Waals surface area contributed by atoms with Crippen molar-refractivity contribution in [2.75, 3.05) is 13.2 Å². The van der Waals surface area contributed by atoms with Gasteiger partial charge in [-0.3, -0.25) is 0 Å². The summed E-state index contributed by atoms with van der Waals surface area (Å²) >= 11 is -0.556. The van der Waals surface area contributed by atoms with E-state index >= 15 is 0 Å². The number of aliphatic imine (C=N–C) groups is 2. The van der Waals surface area contributed by atoms with Gasteiger partial charge in [-0.1, -0.05) is 121 Å². The van der Waals surface area contributed by atoms with E-state index in [1.165, 1.54) is 12.2 Å². The van der Waals surface area contributed by atoms with Gasteiger partial charge in [-0.05, 0) is 44.9 Å². The fourth-order valence-corrected chi connectivity index (χ4v) is 5.75. The van der Waals surface area contributed by atoms with Crippen LogP contribution in [0.25, 0.3) is 0 Å². The number of hydrogen-bond acceptors (Lipinski definition) is 6. The van der Waals surface area contributed by atoms with Crippen molar-refractivity contribution in [2.24, 2.45) is 9.98 Å². The average Bonchev–Trinajstić information content (AvgIpc) is 3.19. The molecule has 0 amide bonds. The molecule has 4 aromatic rings. The summed E-state index contributed by atoms with van der Waals surface area (Å²) in [6, 6.07) is 6.97. The molecule has 0 bridgehead atoms. The van der Waals surface area contributed by atoms with Crippen molar-refractivity contribution < 1.29 is 71.8 Å². The van der Waals surface area contributed by atoms with Crippen LogP contribution in [0.1, 0.15) is 116 Å². The van der Waals surface area contributed by atoms with E-state index in [4.69, 9.17) is 18.6 Å². The molecule has 0 aliphatic carbocycles. The maximum atomic E-state index is 14.4. The van der Waals surface area contributed by atoms with Gasteiger partial charge < -0.3 is 19.7 Å². The molecule has 0 saturated carbocycles. The summed E-state index contributed by atoms with van der Waals surface area (Å²) in [5.41, 5.74) is -0.526. The summed E-state index contributed by atoms with van der Waals surface area (Å²) in [5, 5.41) is 21.5. The molecule has 0 aromatic heterocycles. The third-order valence-electron chi connectivity index (χ3n) is 9.38. The van der Waals surface area contributed by atoms with Crippen LogP contribution >= 0.6 is 18.6 Å². The van der Waals surface area contributed by atoms with Crippen molar-refractivity contribution in [3.05, 3.63) is 129 Å². The van der Waals surface area contributed by atoms with E-state index in [-0.39, 0.29) is 46.7 Å². The number of nitrogens with zero attached hydrogens (tertiary/aromatic N) is 2. The molecular formula is C48H54Cl2F8N2O4Ti. The molecule has 0 aliphatic rings. The monoisotopic (exact) mass is 992 g/mol. The van der Waals surface area contributed by atoms with Crippen LogP contribution in [0.4, 0.5) is 46.5 Å². The Hall–Kier alpha value is -4.37. The standard InChI is InChI=1S/2C24H27F4NO2.2ClH.Ti/c2*1-8-9-31-22-18(27)16(25)20(17(26)19(22)28)29-12-13-10-14(23(2,3)4)11-15(21(13)30)24(5,6)7;;;/h2*8,10-12,30H,1,9H2,2-7H3;2*1H;/q;;;;+2/p-2. The van der Waals surface area contributed by atoms with Crippen molar-refractivity contribution in [3.63, 3.8) is 0 Å². The first-order valence-corrected chi connectivity index (χ1v) is 24.1. The third kappa shape index (κ3) is 14.3. The fraction of sp³-hybridized carbons (Fsp3) is 0.375. The van der Waals surface area contributed by atoms with Gasteiger partial charge in [0.25, 0.3) is 0 Å². The molecule has 0 radical (unpaired) electrons. The molecule has 0 unspecified atom stereocenters. The second kappa shape index (κ2) is 22.9. The summed E-state index contributed by atoms with van der Waals surface area (Å²) in [6.07, 6.45) is 4.34. The van der Waals surface area contributed by atoms with Gasteiger partial charge >= 0.3 is 35.6 Å². The van der Waals surface area contributed by atoms with E-state index < -0.39 is 97.3 Å². The topological polar surface area (TPSA) is 83.6 Å². The van der Waals surface area contributed by atoms with Crippen LogP contribution in [-0.2, 0) is 38.7 Å². The van der Waals surface area contributed by atoms with Crippen molar-refractivity contribution in [1.29, 1.82) is 0 Å². The first-order chi connectivity index (χ1) is 29.8. The van der Waals surface area contributed by atoms with Crippen molar-refractivity contribution in [3.8, 4) is 23.0 Å². The zero-order chi connectivity index (χ0) is 50.2. The number of aromatic hydroxyl groups is 2. The summed E-state index contributed by atoms with van der Waals surface area (Å²) in [5.74, 6) is -16.2. The maximum absolute atomic E-state index is 14.4. The molecule has 4 rings (SSSR count). The van der Waals surface area contributed by atoms with E-state index in [0.717, 1.165) is 23.6 Å². The van der Waals surface area contributed by atoms with E-state index in [1.807, 2.05) is 95.2 Å². The van der Waals surface area contributed by atoms with Gasteiger partial charge in [0.15, 0.2) is 34.8 Å². The Morgan fingerprint density at radius 1 is 0.508 bits per heavy atom. The molecule has 2 N–H and O–H groups in total. The number of halogens is 10. The predicted molar refractivity (Wildman–Crippen MR) is 241 cm³/mol. The molecule has 0 aliphatic heterocycles. The van der Waals surface area contributed by atoms with E-state index in [2.05, 4.69) is 32.6 Å². The van der Waals surface area contributed by atoms with Crippen LogP contribution in [0, 0.1) is 46.5 Å². The predicted octanol–water partition coefficient (Wildman–Crippen LogP) is 15.1. The number of hydrogen-bond donors (Lipinski definition) is 2. The summed E-state index contributed by atoms with van der Waals surface area (Å²) in [6.45, 7) is 29.2. The molecule has 4 aromatic carbocycles. The Morgan fingerprint density at radius 2 is 0.769 bits per heavy atom. The number of rotatable bonds is 10. The van der Waals surface area contributed by atoms with Gasteiger partial charge in [-0.15, -0.1) is 0 Å². The summed E-state index contributed by atoms with van der Waals surface area (Å²) in [4.78, 5) is 7.27. The molecule has 6 nitrogen and oxygen atoms in total. The molecule has 0 saturated heterocycles. The first kappa shape index (κ1) is 56.8. The van der Waals surface area contributed by atoms with Crippen molar-refractivity contribution >= 4 is 42.4 Å². The quantitative estimate of drug-likeness (QED) is 0.0545. The molecule has 17 heteroatoms. The minimum atomic E-state index is -1.70. The Bertz CT molecular complexity index is 2210. The van der Waals surface area contributed by atoms with Gasteiger partial charge in [0, 0.05) is 34.7 Å². The van der Waals surface area contributed by atoms with Gasteiger partial charge in [0.1, 0.15) is 36.1 Å². The Labute approximate surface area is 392 Å². The molecule has 65 heavy (non-hydrogen) atoms. The van der Waals surface area contributed by atoms with Crippen LogP contribution in [0.2, 0.25) is 0 Å². The Balaban J connectivity index is 0.000000421. The summed E-state index contributed by atoms with van der Waals surface area (Å²) in [7, 11) is 9.78. The Kier molecular flexibility index (Phi) is 20.0. The number of phenolic OH excluding ortho intramolecular Hbond substituents is 2. The van der Waals surface area contributed by atoms with Crippen molar-refractivity contribution in [1.82, 2.24) is 0 Å². The second-order valence-electron chi connectivity index (χ2n) is 18.6. The van der Waals surface area contributed by atoms with Crippen LogP contribution < -0.4 is 9.47 Å². The van der Waals surface area contributed by atoms with Crippen LogP contribution in [-0.4, -0.2) is 35.9 Å². The van der Waals surface area contributed by atoms with Crippen LogP contribution in [0.15, 0.2) is 59.6 Å². The average molecular weight is 994 g/mol. The van der Waals surface area contributed by atoms with E-state index in [0.29, 0.717) is 11.1 Å². The second-order valence-corrected chi connectivity index (χ2v) is 21.2. The van der Waals surface area contributed by atoms with Gasteiger partial charge in [0.05, 0.1) is 0 Å². The summed E-state index contributed by atoms with van der Waals surface area (Å²) < 4.78 is 124. The van der Waals surface area contributed by atoms with Crippen molar-refractivity contribution in [2.45, 2.75) is 105 Å².